The maximum absolute atomic E-state index is 11.5. The van der Waals surface area contributed by atoms with Gasteiger partial charge in [0.15, 0.2) is 0 Å². The summed E-state index contributed by atoms with van der Waals surface area (Å²) in [6, 6.07) is 7.73. The van der Waals surface area contributed by atoms with E-state index < -0.39 is 0 Å². The van der Waals surface area contributed by atoms with Crippen LogP contribution in [-0.4, -0.2) is 40.6 Å². The number of likely N-dealkylation sites (tertiary alicyclic amines) is 1. The molecule has 0 saturated carbocycles. The highest BCUT2D eigenvalue weighted by atomic mass is 16.5. The lowest BCUT2D eigenvalue weighted by molar-refractivity contribution is 0.0600. The zero-order chi connectivity index (χ0) is 16.9. The van der Waals surface area contributed by atoms with Crippen LogP contribution < -0.4 is 0 Å². The summed E-state index contributed by atoms with van der Waals surface area (Å²) < 4.78 is 6.99. The second kappa shape index (κ2) is 7.62. The van der Waals surface area contributed by atoms with E-state index in [0.717, 1.165) is 37.9 Å². The van der Waals surface area contributed by atoms with Gasteiger partial charge < -0.3 is 9.30 Å². The molecule has 24 heavy (non-hydrogen) atoms. The number of carbonyl (C=O) groups excluding carboxylic acids is 1. The molecule has 1 aromatic heterocycles. The molecule has 2 heterocycles. The Hall–Kier alpha value is -2.14. The van der Waals surface area contributed by atoms with Crippen molar-refractivity contribution in [2.75, 3.05) is 20.2 Å². The number of aromatic nitrogens is 2. The number of carbonyl (C=O) groups is 1. The van der Waals surface area contributed by atoms with E-state index in [1.807, 2.05) is 30.5 Å². The number of methoxy groups -OCH3 is 1. The first-order chi connectivity index (χ1) is 11.7. The van der Waals surface area contributed by atoms with Crippen LogP contribution in [0.5, 0.6) is 0 Å². The number of aryl methyl sites for hydroxylation is 1. The van der Waals surface area contributed by atoms with Gasteiger partial charge in [-0.3, -0.25) is 4.90 Å². The van der Waals surface area contributed by atoms with Crippen LogP contribution in [-0.2, 0) is 17.8 Å². The Morgan fingerprint density at radius 2 is 1.96 bits per heavy atom. The number of nitrogens with zero attached hydrogens (tertiary/aromatic N) is 3. The van der Waals surface area contributed by atoms with E-state index in [9.17, 15) is 4.79 Å². The first-order valence-electron chi connectivity index (χ1n) is 8.53. The number of hydrogen-bond acceptors (Lipinski definition) is 4. The number of benzene rings is 1. The third kappa shape index (κ3) is 4.03. The second-order valence-corrected chi connectivity index (χ2v) is 6.53. The molecule has 0 unspecified atom stereocenters. The van der Waals surface area contributed by atoms with Gasteiger partial charge in [0.05, 0.1) is 12.7 Å². The van der Waals surface area contributed by atoms with Crippen LogP contribution in [0.15, 0.2) is 36.7 Å². The van der Waals surface area contributed by atoms with Crippen LogP contribution in [0.2, 0.25) is 0 Å². The standard InChI is InChI=1S/C19H25N3O2/c1-15-20-9-12-22(15)14-17-7-10-21(11-8-17)13-16-3-5-18(6-4-16)19(23)24-2/h3-6,9,12,17H,7-8,10-11,13-14H2,1-2H3. The zero-order valence-corrected chi connectivity index (χ0v) is 14.4. The van der Waals surface area contributed by atoms with Gasteiger partial charge in [0.1, 0.15) is 5.82 Å². The highest BCUT2D eigenvalue weighted by Crippen LogP contribution is 2.21. The van der Waals surface area contributed by atoms with Crippen molar-refractivity contribution in [2.45, 2.75) is 32.9 Å². The molecule has 128 valence electrons. The van der Waals surface area contributed by atoms with Gasteiger partial charge in [-0.1, -0.05) is 12.1 Å². The highest BCUT2D eigenvalue weighted by Gasteiger charge is 2.20. The van der Waals surface area contributed by atoms with E-state index in [4.69, 9.17) is 4.74 Å². The Bertz CT molecular complexity index is 670. The first-order valence-corrected chi connectivity index (χ1v) is 8.53. The van der Waals surface area contributed by atoms with E-state index in [1.54, 1.807) is 0 Å². The smallest absolute Gasteiger partial charge is 0.337 e. The lowest BCUT2D eigenvalue weighted by atomic mass is 9.96. The van der Waals surface area contributed by atoms with Crippen LogP contribution >= 0.6 is 0 Å². The molecule has 1 saturated heterocycles. The molecule has 0 spiro atoms. The molecule has 2 aromatic rings. The summed E-state index contributed by atoms with van der Waals surface area (Å²) in [5.41, 5.74) is 1.85. The van der Waals surface area contributed by atoms with Crippen molar-refractivity contribution >= 4 is 5.97 Å². The SMILES string of the molecule is COC(=O)c1ccc(CN2CCC(Cn3ccnc3C)CC2)cc1. The van der Waals surface area contributed by atoms with E-state index in [1.165, 1.54) is 25.5 Å². The minimum Gasteiger partial charge on any atom is -0.465 e. The van der Waals surface area contributed by atoms with E-state index in [0.29, 0.717) is 5.56 Å². The summed E-state index contributed by atoms with van der Waals surface area (Å²) in [4.78, 5) is 18.3. The van der Waals surface area contributed by atoms with Crippen molar-refractivity contribution in [3.05, 3.63) is 53.6 Å². The largest absolute Gasteiger partial charge is 0.465 e. The summed E-state index contributed by atoms with van der Waals surface area (Å²) in [6.07, 6.45) is 6.39. The Kier molecular flexibility index (Phi) is 5.30. The average Bonchev–Trinajstić information content (AvgIpc) is 3.01. The number of hydrogen-bond donors (Lipinski definition) is 0. The molecule has 0 aliphatic carbocycles. The molecule has 0 radical (unpaired) electrons. The molecule has 0 N–H and O–H groups in total. The van der Waals surface area contributed by atoms with Crippen LogP contribution in [0.1, 0.15) is 34.6 Å². The van der Waals surface area contributed by atoms with Crippen molar-refractivity contribution in [2.24, 2.45) is 5.92 Å². The Balaban J connectivity index is 1.48. The predicted octanol–water partition coefficient (Wildman–Crippen LogP) is 2.89. The third-order valence-electron chi connectivity index (χ3n) is 4.87. The van der Waals surface area contributed by atoms with Gasteiger partial charge in [-0.15, -0.1) is 0 Å². The minimum atomic E-state index is -0.280. The van der Waals surface area contributed by atoms with Crippen LogP contribution in [0.25, 0.3) is 0 Å². The van der Waals surface area contributed by atoms with Gasteiger partial charge in [-0.2, -0.15) is 0 Å². The van der Waals surface area contributed by atoms with Crippen LogP contribution in [0.3, 0.4) is 0 Å². The Morgan fingerprint density at radius 3 is 2.54 bits per heavy atom. The van der Waals surface area contributed by atoms with E-state index in [2.05, 4.69) is 27.6 Å². The van der Waals surface area contributed by atoms with Gasteiger partial charge in [0.2, 0.25) is 0 Å². The summed E-state index contributed by atoms with van der Waals surface area (Å²) in [5.74, 6) is 1.55. The van der Waals surface area contributed by atoms with Crippen molar-refractivity contribution in [3.63, 3.8) is 0 Å². The first kappa shape index (κ1) is 16.7. The summed E-state index contributed by atoms with van der Waals surface area (Å²) in [6.45, 7) is 6.33. The Labute approximate surface area is 143 Å². The Morgan fingerprint density at radius 1 is 1.25 bits per heavy atom. The second-order valence-electron chi connectivity index (χ2n) is 6.53. The van der Waals surface area contributed by atoms with Crippen LogP contribution in [0, 0.1) is 12.8 Å². The fourth-order valence-corrected chi connectivity index (χ4v) is 3.32. The van der Waals surface area contributed by atoms with Gasteiger partial charge in [0, 0.05) is 25.5 Å². The molecule has 1 aromatic carbocycles. The highest BCUT2D eigenvalue weighted by molar-refractivity contribution is 5.89. The molecule has 0 atom stereocenters. The molecule has 1 aliphatic rings. The van der Waals surface area contributed by atoms with E-state index >= 15 is 0 Å². The van der Waals surface area contributed by atoms with Gasteiger partial charge in [-0.05, 0) is 56.5 Å². The molecule has 5 heteroatoms. The molecular weight excluding hydrogens is 302 g/mol. The number of imidazole rings is 1. The number of piperidine rings is 1. The van der Waals surface area contributed by atoms with Crippen molar-refractivity contribution in [1.82, 2.24) is 14.5 Å². The average molecular weight is 327 g/mol. The fraction of sp³-hybridized carbons (Fsp3) is 0.474. The molecule has 1 fully saturated rings. The summed E-state index contributed by atoms with van der Waals surface area (Å²) >= 11 is 0. The predicted molar refractivity (Wildman–Crippen MR) is 92.7 cm³/mol. The normalized spacial score (nSPS) is 16.2. The molecule has 0 bridgehead atoms. The van der Waals surface area contributed by atoms with Crippen molar-refractivity contribution in [1.29, 1.82) is 0 Å². The molecule has 3 rings (SSSR count). The monoisotopic (exact) mass is 327 g/mol. The summed E-state index contributed by atoms with van der Waals surface area (Å²) in [7, 11) is 1.41. The summed E-state index contributed by atoms with van der Waals surface area (Å²) in [5, 5.41) is 0. The maximum Gasteiger partial charge on any atom is 0.337 e. The zero-order valence-electron chi connectivity index (χ0n) is 14.4. The lowest BCUT2D eigenvalue weighted by Gasteiger charge is -2.32. The maximum atomic E-state index is 11.5. The molecule has 1 aliphatic heterocycles. The van der Waals surface area contributed by atoms with E-state index in [-0.39, 0.29) is 5.97 Å². The number of rotatable bonds is 5. The van der Waals surface area contributed by atoms with Gasteiger partial charge in [0.25, 0.3) is 0 Å². The number of ether oxygens (including phenoxy) is 1. The quantitative estimate of drug-likeness (QED) is 0.792. The van der Waals surface area contributed by atoms with Crippen molar-refractivity contribution in [3.8, 4) is 0 Å². The minimum absolute atomic E-state index is 0.280. The van der Waals surface area contributed by atoms with Crippen molar-refractivity contribution < 1.29 is 9.53 Å². The molecule has 0 amide bonds. The molecular formula is C19H25N3O2. The van der Waals surface area contributed by atoms with Crippen LogP contribution in [0.4, 0.5) is 0 Å². The third-order valence-corrected chi connectivity index (χ3v) is 4.87. The number of esters is 1. The molecule has 5 nitrogen and oxygen atoms in total. The fourth-order valence-electron chi connectivity index (χ4n) is 3.32. The van der Waals surface area contributed by atoms with Gasteiger partial charge in [-0.25, -0.2) is 9.78 Å². The lowest BCUT2D eigenvalue weighted by Crippen LogP contribution is -2.34. The topological polar surface area (TPSA) is 47.4 Å². The van der Waals surface area contributed by atoms with Gasteiger partial charge >= 0.3 is 5.97 Å².